The number of hydrogen-bond donors (Lipinski definition) is 1. The highest BCUT2D eigenvalue weighted by atomic mass is 16.6. The van der Waals surface area contributed by atoms with E-state index < -0.39 is 5.60 Å². The maximum atomic E-state index is 12.8. The number of rotatable bonds is 2. The van der Waals surface area contributed by atoms with E-state index >= 15 is 0 Å². The summed E-state index contributed by atoms with van der Waals surface area (Å²) in [5, 5.41) is 10.9. The van der Waals surface area contributed by atoms with Crippen LogP contribution in [0, 0.1) is 0 Å². The lowest BCUT2D eigenvalue weighted by Gasteiger charge is -2.38. The lowest BCUT2D eigenvalue weighted by Crippen LogP contribution is -2.45. The van der Waals surface area contributed by atoms with E-state index in [-0.39, 0.29) is 5.91 Å². The fourth-order valence-corrected chi connectivity index (χ4v) is 3.37. The van der Waals surface area contributed by atoms with Crippen molar-refractivity contribution in [3.05, 3.63) is 53.9 Å². The lowest BCUT2D eigenvalue weighted by atomic mass is 9.85. The molecule has 0 saturated carbocycles. The van der Waals surface area contributed by atoms with Crippen LogP contribution in [-0.4, -0.2) is 47.2 Å². The van der Waals surface area contributed by atoms with E-state index in [2.05, 4.69) is 4.98 Å². The zero-order valence-corrected chi connectivity index (χ0v) is 13.9. The number of nitrogens with zero attached hydrogens (tertiary/aromatic N) is 2. The number of carbonyl (C=O) groups excluding carboxylic acids is 1. The monoisotopic (exact) mass is 340 g/mol. The van der Waals surface area contributed by atoms with Crippen LogP contribution < -0.4 is 9.47 Å². The molecule has 0 atom stereocenters. The molecule has 1 aromatic carbocycles. The summed E-state index contributed by atoms with van der Waals surface area (Å²) in [7, 11) is 0. The first-order chi connectivity index (χ1) is 12.2. The van der Waals surface area contributed by atoms with Gasteiger partial charge in [-0.15, -0.1) is 0 Å². The Kier molecular flexibility index (Phi) is 4.05. The van der Waals surface area contributed by atoms with Crippen LogP contribution in [0.15, 0.2) is 42.7 Å². The molecule has 2 aliphatic heterocycles. The maximum Gasteiger partial charge on any atom is 0.253 e. The number of piperidine rings is 1. The van der Waals surface area contributed by atoms with Crippen molar-refractivity contribution in [1.29, 1.82) is 0 Å². The number of aromatic nitrogens is 1. The lowest BCUT2D eigenvalue weighted by molar-refractivity contribution is -0.0213. The van der Waals surface area contributed by atoms with Gasteiger partial charge >= 0.3 is 0 Å². The molecule has 25 heavy (non-hydrogen) atoms. The molecule has 3 heterocycles. The summed E-state index contributed by atoms with van der Waals surface area (Å²) in [4.78, 5) is 18.6. The van der Waals surface area contributed by atoms with Crippen LogP contribution in [0.25, 0.3) is 0 Å². The minimum atomic E-state index is -0.919. The number of hydrogen-bond acceptors (Lipinski definition) is 5. The Labute approximate surface area is 146 Å². The van der Waals surface area contributed by atoms with Gasteiger partial charge in [-0.2, -0.15) is 0 Å². The first kappa shape index (κ1) is 15.9. The number of benzene rings is 1. The molecule has 0 bridgehead atoms. The Morgan fingerprint density at radius 2 is 1.88 bits per heavy atom. The van der Waals surface area contributed by atoms with Crippen LogP contribution in [0.2, 0.25) is 0 Å². The Morgan fingerprint density at radius 1 is 1.12 bits per heavy atom. The molecule has 0 spiro atoms. The van der Waals surface area contributed by atoms with E-state index in [4.69, 9.17) is 9.47 Å². The van der Waals surface area contributed by atoms with Gasteiger partial charge in [0, 0.05) is 36.6 Å². The number of fused-ring (bicyclic) bond motifs is 1. The van der Waals surface area contributed by atoms with Gasteiger partial charge in [-0.1, -0.05) is 6.07 Å². The summed E-state index contributed by atoms with van der Waals surface area (Å²) in [5.74, 6) is 1.23. The number of likely N-dealkylation sites (tertiary alicyclic amines) is 1. The average molecular weight is 340 g/mol. The highest BCUT2D eigenvalue weighted by Gasteiger charge is 2.36. The van der Waals surface area contributed by atoms with Crippen molar-refractivity contribution in [3.8, 4) is 11.5 Å². The first-order valence-corrected chi connectivity index (χ1v) is 8.47. The predicted molar refractivity (Wildman–Crippen MR) is 90.7 cm³/mol. The van der Waals surface area contributed by atoms with Crippen molar-refractivity contribution in [2.45, 2.75) is 18.4 Å². The van der Waals surface area contributed by atoms with E-state index in [1.54, 1.807) is 35.5 Å². The van der Waals surface area contributed by atoms with Crippen LogP contribution in [0.1, 0.15) is 28.8 Å². The van der Waals surface area contributed by atoms with E-state index in [1.807, 2.05) is 12.1 Å². The molecular formula is C19H20N2O4. The van der Waals surface area contributed by atoms with Gasteiger partial charge in [0.05, 0.1) is 5.60 Å². The second-order valence-corrected chi connectivity index (χ2v) is 6.42. The Balaban J connectivity index is 1.46. The molecule has 1 N–H and O–H groups in total. The van der Waals surface area contributed by atoms with Gasteiger partial charge in [0.15, 0.2) is 11.5 Å². The van der Waals surface area contributed by atoms with Crippen LogP contribution in [0.5, 0.6) is 11.5 Å². The van der Waals surface area contributed by atoms with Gasteiger partial charge in [0.25, 0.3) is 5.91 Å². The summed E-state index contributed by atoms with van der Waals surface area (Å²) in [6, 6.07) is 8.97. The fourth-order valence-electron chi connectivity index (χ4n) is 3.37. The summed E-state index contributed by atoms with van der Waals surface area (Å²) >= 11 is 0. The molecule has 0 aliphatic carbocycles. The van der Waals surface area contributed by atoms with Crippen molar-refractivity contribution in [2.75, 3.05) is 26.3 Å². The standard InChI is InChI=1S/C19H20N2O4/c22-18(14-3-4-16-17(12-14)25-11-10-24-16)21-8-5-19(23,6-9-21)15-2-1-7-20-13-15/h1-4,7,12-13,23H,5-6,8-11H2. The molecule has 0 unspecified atom stereocenters. The third-order valence-corrected chi connectivity index (χ3v) is 4.87. The number of carbonyl (C=O) groups is 1. The van der Waals surface area contributed by atoms with Crippen LogP contribution in [0.3, 0.4) is 0 Å². The second kappa shape index (κ2) is 6.37. The van der Waals surface area contributed by atoms with Gasteiger partial charge in [-0.25, -0.2) is 0 Å². The van der Waals surface area contributed by atoms with E-state index in [9.17, 15) is 9.90 Å². The average Bonchev–Trinajstić information content (AvgIpc) is 2.68. The summed E-state index contributed by atoms with van der Waals surface area (Å²) in [6.45, 7) is 2.02. The SMILES string of the molecule is O=C(c1ccc2c(c1)OCCO2)N1CCC(O)(c2cccnc2)CC1. The van der Waals surface area contributed by atoms with Crippen LogP contribution >= 0.6 is 0 Å². The smallest absolute Gasteiger partial charge is 0.253 e. The Bertz CT molecular complexity index is 770. The highest BCUT2D eigenvalue weighted by Crippen LogP contribution is 2.34. The van der Waals surface area contributed by atoms with E-state index in [0.29, 0.717) is 56.2 Å². The number of ether oxygens (including phenoxy) is 2. The van der Waals surface area contributed by atoms with Gasteiger partial charge in [0.1, 0.15) is 13.2 Å². The summed E-state index contributed by atoms with van der Waals surface area (Å²) in [5.41, 5.74) is 0.468. The summed E-state index contributed by atoms with van der Waals surface area (Å²) < 4.78 is 11.0. The molecule has 2 aliphatic rings. The topological polar surface area (TPSA) is 71.9 Å². The van der Waals surface area contributed by atoms with Crippen molar-refractivity contribution in [2.24, 2.45) is 0 Å². The molecule has 1 amide bonds. The number of aliphatic hydroxyl groups is 1. The minimum Gasteiger partial charge on any atom is -0.486 e. The molecule has 1 saturated heterocycles. The Morgan fingerprint density at radius 3 is 2.60 bits per heavy atom. The largest absolute Gasteiger partial charge is 0.486 e. The molecule has 0 radical (unpaired) electrons. The minimum absolute atomic E-state index is 0.0507. The predicted octanol–water partition coefficient (Wildman–Crippen LogP) is 1.98. The third-order valence-electron chi connectivity index (χ3n) is 4.87. The first-order valence-electron chi connectivity index (χ1n) is 8.47. The van der Waals surface area contributed by atoms with Gasteiger partial charge in [0.2, 0.25) is 0 Å². The molecule has 6 heteroatoms. The second-order valence-electron chi connectivity index (χ2n) is 6.42. The van der Waals surface area contributed by atoms with Crippen LogP contribution in [0.4, 0.5) is 0 Å². The van der Waals surface area contributed by atoms with Crippen molar-refractivity contribution < 1.29 is 19.4 Å². The highest BCUT2D eigenvalue weighted by molar-refractivity contribution is 5.95. The molecule has 4 rings (SSSR count). The quantitative estimate of drug-likeness (QED) is 0.905. The van der Waals surface area contributed by atoms with Gasteiger partial charge in [-0.3, -0.25) is 9.78 Å². The van der Waals surface area contributed by atoms with Gasteiger partial charge in [-0.05, 0) is 37.1 Å². The number of pyridine rings is 1. The zero-order valence-electron chi connectivity index (χ0n) is 13.9. The van der Waals surface area contributed by atoms with E-state index in [1.165, 1.54) is 0 Å². The molecule has 2 aromatic rings. The molecule has 1 fully saturated rings. The molecular weight excluding hydrogens is 320 g/mol. The molecule has 1 aromatic heterocycles. The maximum absolute atomic E-state index is 12.8. The number of amides is 1. The van der Waals surface area contributed by atoms with Crippen molar-refractivity contribution >= 4 is 5.91 Å². The van der Waals surface area contributed by atoms with E-state index in [0.717, 1.165) is 5.56 Å². The summed E-state index contributed by atoms with van der Waals surface area (Å²) in [6.07, 6.45) is 4.37. The fraction of sp³-hybridized carbons (Fsp3) is 0.368. The molecule has 6 nitrogen and oxygen atoms in total. The third kappa shape index (κ3) is 3.05. The van der Waals surface area contributed by atoms with Crippen LogP contribution in [-0.2, 0) is 5.60 Å². The van der Waals surface area contributed by atoms with Crippen molar-refractivity contribution in [3.63, 3.8) is 0 Å². The molecule has 130 valence electrons. The normalized spacial score (nSPS) is 18.7. The Hall–Kier alpha value is -2.60. The van der Waals surface area contributed by atoms with Crippen molar-refractivity contribution in [1.82, 2.24) is 9.88 Å². The zero-order chi connectivity index (χ0) is 17.3. The van der Waals surface area contributed by atoms with Gasteiger partial charge < -0.3 is 19.5 Å².